The molecule has 0 aliphatic heterocycles. The van der Waals surface area contributed by atoms with E-state index in [9.17, 15) is 4.79 Å². The van der Waals surface area contributed by atoms with Crippen LogP contribution >= 0.6 is 0 Å². The van der Waals surface area contributed by atoms with Crippen molar-refractivity contribution in [3.05, 3.63) is 59.9 Å². The molecule has 1 N–H and O–H groups in total. The molecule has 0 radical (unpaired) electrons. The zero-order valence-corrected chi connectivity index (χ0v) is 14.3. The van der Waals surface area contributed by atoms with Crippen molar-refractivity contribution in [3.8, 4) is 11.4 Å². The Kier molecular flexibility index (Phi) is 3.92. The summed E-state index contributed by atoms with van der Waals surface area (Å²) in [5.74, 6) is 1.03. The number of carbonyl (C=O) groups excluding carboxylic acids is 1. The van der Waals surface area contributed by atoms with Gasteiger partial charge in [0.05, 0.1) is 17.8 Å². The van der Waals surface area contributed by atoms with E-state index in [1.54, 1.807) is 42.2 Å². The lowest BCUT2D eigenvalue weighted by Crippen LogP contribution is -2.16. The number of pyridine rings is 2. The largest absolute Gasteiger partial charge is 0.361 e. The number of carbonyl (C=O) groups is 1. The quantitative estimate of drug-likeness (QED) is 0.609. The second kappa shape index (κ2) is 6.40. The van der Waals surface area contributed by atoms with Gasteiger partial charge < -0.3 is 9.84 Å². The summed E-state index contributed by atoms with van der Waals surface area (Å²) in [4.78, 5) is 21.1. The lowest BCUT2D eigenvalue weighted by molar-refractivity contribution is -0.115. The Balaban J connectivity index is 1.62. The average Bonchev–Trinajstić information content (AvgIpc) is 3.22. The number of aryl methyl sites for hydroxylation is 2. The van der Waals surface area contributed by atoms with Crippen molar-refractivity contribution in [2.24, 2.45) is 0 Å². The third-order valence-electron chi connectivity index (χ3n) is 4.07. The predicted octanol–water partition coefficient (Wildman–Crippen LogP) is 2.58. The Hall–Kier alpha value is -3.55. The molecule has 0 saturated carbocycles. The number of anilines is 1. The molecule has 0 saturated heterocycles. The van der Waals surface area contributed by atoms with Crippen molar-refractivity contribution in [1.82, 2.24) is 24.7 Å². The molecule has 130 valence electrons. The van der Waals surface area contributed by atoms with Gasteiger partial charge in [0.1, 0.15) is 5.76 Å². The molecule has 4 aromatic heterocycles. The van der Waals surface area contributed by atoms with Crippen LogP contribution in [-0.4, -0.2) is 30.6 Å². The molecule has 0 atom stereocenters. The first-order valence-electron chi connectivity index (χ1n) is 8.09. The number of nitrogens with one attached hydrogen (secondary N) is 1. The number of fused-ring (bicyclic) bond motifs is 1. The van der Waals surface area contributed by atoms with Gasteiger partial charge in [-0.1, -0.05) is 5.16 Å². The summed E-state index contributed by atoms with van der Waals surface area (Å²) in [6, 6.07) is 7.31. The fraction of sp³-hybridized carbons (Fsp3) is 0.167. The molecule has 0 aliphatic rings. The van der Waals surface area contributed by atoms with Gasteiger partial charge in [0, 0.05) is 29.7 Å². The second-order valence-electron chi connectivity index (χ2n) is 5.89. The van der Waals surface area contributed by atoms with E-state index in [0.717, 1.165) is 16.8 Å². The molecule has 4 rings (SSSR count). The lowest BCUT2D eigenvalue weighted by Gasteiger charge is -2.05. The second-order valence-corrected chi connectivity index (χ2v) is 5.89. The maximum absolute atomic E-state index is 12.5. The molecule has 26 heavy (non-hydrogen) atoms. The molecule has 0 spiro atoms. The molecule has 0 aromatic carbocycles. The third-order valence-corrected chi connectivity index (χ3v) is 4.07. The van der Waals surface area contributed by atoms with E-state index < -0.39 is 0 Å². The van der Waals surface area contributed by atoms with E-state index in [-0.39, 0.29) is 12.3 Å². The van der Waals surface area contributed by atoms with E-state index >= 15 is 0 Å². The minimum absolute atomic E-state index is 0.168. The van der Waals surface area contributed by atoms with Crippen LogP contribution in [0.5, 0.6) is 0 Å². The van der Waals surface area contributed by atoms with Gasteiger partial charge >= 0.3 is 0 Å². The van der Waals surface area contributed by atoms with Gasteiger partial charge in [0.2, 0.25) is 5.91 Å². The summed E-state index contributed by atoms with van der Waals surface area (Å²) in [6.07, 6.45) is 5.36. The van der Waals surface area contributed by atoms with Crippen molar-refractivity contribution in [2.45, 2.75) is 20.3 Å². The Bertz CT molecular complexity index is 1060. The minimum atomic E-state index is -0.168. The fourth-order valence-electron chi connectivity index (χ4n) is 2.73. The first kappa shape index (κ1) is 15.9. The molecule has 8 heteroatoms. The average molecular weight is 348 g/mol. The number of amides is 1. The topological polar surface area (TPSA) is 98.2 Å². The van der Waals surface area contributed by atoms with Crippen LogP contribution < -0.4 is 5.32 Å². The molecule has 4 aromatic rings. The van der Waals surface area contributed by atoms with Crippen LogP contribution in [0.2, 0.25) is 0 Å². The fourth-order valence-corrected chi connectivity index (χ4v) is 2.73. The molecule has 1 amide bonds. The molecule has 0 fully saturated rings. The molecule has 4 heterocycles. The minimum Gasteiger partial charge on any atom is -0.361 e. The monoisotopic (exact) mass is 348 g/mol. The number of rotatable bonds is 4. The van der Waals surface area contributed by atoms with Gasteiger partial charge in [-0.3, -0.25) is 9.78 Å². The van der Waals surface area contributed by atoms with E-state index in [0.29, 0.717) is 22.9 Å². The lowest BCUT2D eigenvalue weighted by atomic mass is 10.1. The summed E-state index contributed by atoms with van der Waals surface area (Å²) in [6.45, 7) is 3.61. The summed E-state index contributed by atoms with van der Waals surface area (Å²) in [7, 11) is 0. The van der Waals surface area contributed by atoms with Crippen molar-refractivity contribution >= 4 is 17.2 Å². The van der Waals surface area contributed by atoms with E-state index in [4.69, 9.17) is 4.52 Å². The van der Waals surface area contributed by atoms with Crippen LogP contribution in [-0.2, 0) is 11.2 Å². The van der Waals surface area contributed by atoms with Crippen LogP contribution in [0.4, 0.5) is 5.69 Å². The summed E-state index contributed by atoms with van der Waals surface area (Å²) < 4.78 is 6.74. The number of hydrogen-bond donors (Lipinski definition) is 1. The van der Waals surface area contributed by atoms with Gasteiger partial charge in [0.15, 0.2) is 11.5 Å². The molecule has 8 nitrogen and oxygen atoms in total. The highest BCUT2D eigenvalue weighted by molar-refractivity contribution is 5.95. The molecule has 0 bridgehead atoms. The SMILES string of the molecule is Cc1noc(C)c1CC(=O)Nc1cccn2nc(-c3cccnc3)nc12. The number of aromatic nitrogens is 5. The molecule has 0 aliphatic carbocycles. The van der Waals surface area contributed by atoms with Crippen molar-refractivity contribution < 1.29 is 9.32 Å². The van der Waals surface area contributed by atoms with Gasteiger partial charge in [0.25, 0.3) is 0 Å². The van der Waals surface area contributed by atoms with Crippen molar-refractivity contribution in [3.63, 3.8) is 0 Å². The van der Waals surface area contributed by atoms with Crippen LogP contribution in [0.1, 0.15) is 17.0 Å². The van der Waals surface area contributed by atoms with Crippen molar-refractivity contribution in [1.29, 1.82) is 0 Å². The third kappa shape index (κ3) is 2.92. The summed E-state index contributed by atoms with van der Waals surface area (Å²) >= 11 is 0. The van der Waals surface area contributed by atoms with Gasteiger partial charge in [-0.25, -0.2) is 9.50 Å². The van der Waals surface area contributed by atoms with Crippen LogP contribution in [0, 0.1) is 13.8 Å². The Morgan fingerprint density at radius 1 is 1.27 bits per heavy atom. The van der Waals surface area contributed by atoms with E-state index in [1.807, 2.05) is 19.1 Å². The van der Waals surface area contributed by atoms with Crippen LogP contribution in [0.25, 0.3) is 17.0 Å². The number of hydrogen-bond acceptors (Lipinski definition) is 6. The Morgan fingerprint density at radius 2 is 2.15 bits per heavy atom. The highest BCUT2D eigenvalue weighted by Crippen LogP contribution is 2.21. The van der Waals surface area contributed by atoms with E-state index in [1.165, 1.54) is 0 Å². The summed E-state index contributed by atoms with van der Waals surface area (Å²) in [5, 5.41) is 11.2. The Labute approximate surface area is 148 Å². The van der Waals surface area contributed by atoms with Gasteiger partial charge in [-0.15, -0.1) is 5.10 Å². The highest BCUT2D eigenvalue weighted by atomic mass is 16.5. The normalized spacial score (nSPS) is 11.0. The zero-order chi connectivity index (χ0) is 18.1. The molecular formula is C18H16N6O2. The standard InChI is InChI=1S/C18H16N6O2/c1-11-14(12(2)26-23-11)9-16(25)20-15-6-4-8-24-18(15)21-17(22-24)13-5-3-7-19-10-13/h3-8,10H,9H2,1-2H3,(H,20,25). The van der Waals surface area contributed by atoms with Crippen LogP contribution in [0.3, 0.4) is 0 Å². The smallest absolute Gasteiger partial charge is 0.229 e. The molecule has 0 unspecified atom stereocenters. The van der Waals surface area contributed by atoms with Crippen LogP contribution in [0.15, 0.2) is 47.4 Å². The molecular weight excluding hydrogens is 332 g/mol. The van der Waals surface area contributed by atoms with E-state index in [2.05, 4.69) is 25.5 Å². The van der Waals surface area contributed by atoms with Crippen molar-refractivity contribution in [2.75, 3.05) is 5.32 Å². The maximum atomic E-state index is 12.5. The van der Waals surface area contributed by atoms with Gasteiger partial charge in [-0.2, -0.15) is 0 Å². The van der Waals surface area contributed by atoms with Gasteiger partial charge in [-0.05, 0) is 38.1 Å². The highest BCUT2D eigenvalue weighted by Gasteiger charge is 2.16. The zero-order valence-electron chi connectivity index (χ0n) is 14.3. The first-order valence-corrected chi connectivity index (χ1v) is 8.09. The predicted molar refractivity (Wildman–Crippen MR) is 94.5 cm³/mol. The first-order chi connectivity index (χ1) is 12.6. The summed E-state index contributed by atoms with van der Waals surface area (Å²) in [5.41, 5.74) is 3.48. The Morgan fingerprint density at radius 3 is 2.88 bits per heavy atom. The maximum Gasteiger partial charge on any atom is 0.229 e. The number of nitrogens with zero attached hydrogens (tertiary/aromatic N) is 5.